The van der Waals surface area contributed by atoms with Crippen LogP contribution in [-0.2, 0) is 11.2 Å². The van der Waals surface area contributed by atoms with E-state index in [1.807, 2.05) is 48.5 Å². The number of amides is 1. The predicted octanol–water partition coefficient (Wildman–Crippen LogP) is 3.92. The van der Waals surface area contributed by atoms with Crippen LogP contribution in [0.3, 0.4) is 0 Å². The lowest BCUT2D eigenvalue weighted by Gasteiger charge is -2.06. The number of carbonyl (C=O) groups is 1. The summed E-state index contributed by atoms with van der Waals surface area (Å²) in [4.78, 5) is 11.8. The Balaban J connectivity index is 1.85. The lowest BCUT2D eigenvalue weighted by atomic mass is 10.1. The molecule has 0 heterocycles. The van der Waals surface area contributed by atoms with Gasteiger partial charge in [-0.1, -0.05) is 23.7 Å². The van der Waals surface area contributed by atoms with Crippen molar-refractivity contribution in [2.75, 3.05) is 12.4 Å². The zero-order valence-electron chi connectivity index (χ0n) is 11.2. The van der Waals surface area contributed by atoms with Crippen molar-refractivity contribution in [1.29, 1.82) is 0 Å². The molecule has 0 aromatic heterocycles. The molecule has 0 atom stereocenters. The lowest BCUT2D eigenvalue weighted by Crippen LogP contribution is -2.12. The van der Waals surface area contributed by atoms with Crippen molar-refractivity contribution in [2.24, 2.45) is 0 Å². The molecule has 0 aliphatic rings. The van der Waals surface area contributed by atoms with Gasteiger partial charge >= 0.3 is 0 Å². The quantitative estimate of drug-likeness (QED) is 0.906. The van der Waals surface area contributed by atoms with Crippen LogP contribution in [-0.4, -0.2) is 13.0 Å². The standard InChI is InChI=1S/C16H16ClNO2/c1-20-15-8-6-14(7-9-15)18-16(19)10-5-12-3-2-4-13(17)11-12/h2-4,6-9,11H,5,10H2,1H3,(H,18,19). The molecule has 4 heteroatoms. The molecule has 2 rings (SSSR count). The number of anilines is 1. The Morgan fingerprint density at radius 2 is 1.95 bits per heavy atom. The highest BCUT2D eigenvalue weighted by molar-refractivity contribution is 6.30. The summed E-state index contributed by atoms with van der Waals surface area (Å²) in [5.74, 6) is 0.747. The van der Waals surface area contributed by atoms with Gasteiger partial charge < -0.3 is 10.1 Å². The van der Waals surface area contributed by atoms with E-state index >= 15 is 0 Å². The highest BCUT2D eigenvalue weighted by atomic mass is 35.5. The van der Waals surface area contributed by atoms with Crippen molar-refractivity contribution in [2.45, 2.75) is 12.8 Å². The Labute approximate surface area is 123 Å². The SMILES string of the molecule is COc1ccc(NC(=O)CCc2cccc(Cl)c2)cc1. The van der Waals surface area contributed by atoms with Crippen LogP contribution in [0.2, 0.25) is 5.02 Å². The maximum atomic E-state index is 11.8. The van der Waals surface area contributed by atoms with Gasteiger partial charge in [-0.15, -0.1) is 0 Å². The predicted molar refractivity (Wildman–Crippen MR) is 81.4 cm³/mol. The van der Waals surface area contributed by atoms with Gasteiger partial charge in [-0.3, -0.25) is 4.79 Å². The molecule has 0 unspecified atom stereocenters. The van der Waals surface area contributed by atoms with E-state index in [2.05, 4.69) is 5.32 Å². The van der Waals surface area contributed by atoms with Crippen LogP contribution in [0.4, 0.5) is 5.69 Å². The van der Waals surface area contributed by atoms with Crippen LogP contribution in [0.15, 0.2) is 48.5 Å². The molecule has 0 fully saturated rings. The van der Waals surface area contributed by atoms with E-state index in [4.69, 9.17) is 16.3 Å². The Bertz CT molecular complexity index is 581. The summed E-state index contributed by atoms with van der Waals surface area (Å²) in [6, 6.07) is 14.8. The van der Waals surface area contributed by atoms with Gasteiger partial charge in [0, 0.05) is 17.1 Å². The van der Waals surface area contributed by atoms with Crippen molar-refractivity contribution in [3.8, 4) is 5.75 Å². The second kappa shape index (κ2) is 6.96. The van der Waals surface area contributed by atoms with Gasteiger partial charge in [-0.25, -0.2) is 0 Å². The molecule has 1 N–H and O–H groups in total. The number of nitrogens with one attached hydrogen (secondary N) is 1. The topological polar surface area (TPSA) is 38.3 Å². The van der Waals surface area contributed by atoms with Crippen molar-refractivity contribution in [1.82, 2.24) is 0 Å². The summed E-state index contributed by atoms with van der Waals surface area (Å²) < 4.78 is 5.07. The molecule has 104 valence electrons. The Morgan fingerprint density at radius 3 is 2.60 bits per heavy atom. The Morgan fingerprint density at radius 1 is 1.20 bits per heavy atom. The second-order valence-corrected chi connectivity index (χ2v) is 4.84. The van der Waals surface area contributed by atoms with Crippen LogP contribution in [0.25, 0.3) is 0 Å². The summed E-state index contributed by atoms with van der Waals surface area (Å²) >= 11 is 5.91. The van der Waals surface area contributed by atoms with Gasteiger partial charge in [-0.05, 0) is 48.4 Å². The molecule has 20 heavy (non-hydrogen) atoms. The van der Waals surface area contributed by atoms with Crippen LogP contribution in [0.1, 0.15) is 12.0 Å². The number of hydrogen-bond donors (Lipinski definition) is 1. The molecule has 0 radical (unpaired) electrons. The van der Waals surface area contributed by atoms with E-state index in [1.54, 1.807) is 7.11 Å². The van der Waals surface area contributed by atoms with Crippen LogP contribution < -0.4 is 10.1 Å². The van der Waals surface area contributed by atoms with Gasteiger partial charge in [-0.2, -0.15) is 0 Å². The Kier molecular flexibility index (Phi) is 5.02. The summed E-state index contributed by atoms with van der Waals surface area (Å²) in [6.45, 7) is 0. The molecule has 0 saturated carbocycles. The molecule has 0 saturated heterocycles. The minimum absolute atomic E-state index is 0.0184. The zero-order chi connectivity index (χ0) is 14.4. The summed E-state index contributed by atoms with van der Waals surface area (Å²) in [5, 5.41) is 3.54. The number of ether oxygens (including phenoxy) is 1. The maximum absolute atomic E-state index is 11.8. The van der Waals surface area contributed by atoms with E-state index in [-0.39, 0.29) is 5.91 Å². The van der Waals surface area contributed by atoms with Gasteiger partial charge in [0.1, 0.15) is 5.75 Å². The number of aryl methyl sites for hydroxylation is 1. The first kappa shape index (κ1) is 14.4. The number of hydrogen-bond acceptors (Lipinski definition) is 2. The van der Waals surface area contributed by atoms with Crippen molar-refractivity contribution in [3.05, 3.63) is 59.1 Å². The molecule has 2 aromatic carbocycles. The highest BCUT2D eigenvalue weighted by Gasteiger charge is 2.04. The zero-order valence-corrected chi connectivity index (χ0v) is 12.0. The largest absolute Gasteiger partial charge is 0.497 e. The fourth-order valence-corrected chi connectivity index (χ4v) is 2.06. The normalized spacial score (nSPS) is 10.1. The molecule has 0 aliphatic carbocycles. The van der Waals surface area contributed by atoms with E-state index < -0.39 is 0 Å². The first-order valence-corrected chi connectivity index (χ1v) is 6.73. The van der Waals surface area contributed by atoms with E-state index in [9.17, 15) is 4.79 Å². The van der Waals surface area contributed by atoms with Crippen molar-refractivity contribution in [3.63, 3.8) is 0 Å². The smallest absolute Gasteiger partial charge is 0.224 e. The van der Waals surface area contributed by atoms with Crippen LogP contribution in [0, 0.1) is 0 Å². The average Bonchev–Trinajstić information content (AvgIpc) is 2.46. The number of carbonyl (C=O) groups excluding carboxylic acids is 1. The highest BCUT2D eigenvalue weighted by Crippen LogP contribution is 2.16. The lowest BCUT2D eigenvalue weighted by molar-refractivity contribution is -0.116. The van der Waals surface area contributed by atoms with Gasteiger partial charge in [0.15, 0.2) is 0 Å². The third-order valence-corrected chi connectivity index (χ3v) is 3.14. The molecule has 0 aliphatic heterocycles. The molecule has 3 nitrogen and oxygen atoms in total. The molecular weight excluding hydrogens is 274 g/mol. The molecule has 2 aromatic rings. The monoisotopic (exact) mass is 289 g/mol. The summed E-state index contributed by atoms with van der Waals surface area (Å²) in [7, 11) is 1.61. The van der Waals surface area contributed by atoms with E-state index in [1.165, 1.54) is 0 Å². The first-order valence-electron chi connectivity index (χ1n) is 6.36. The maximum Gasteiger partial charge on any atom is 0.224 e. The van der Waals surface area contributed by atoms with Crippen LogP contribution in [0.5, 0.6) is 5.75 Å². The third kappa shape index (κ3) is 4.28. The first-order chi connectivity index (χ1) is 9.67. The number of methoxy groups -OCH3 is 1. The summed E-state index contributed by atoms with van der Waals surface area (Å²) in [6.07, 6.45) is 1.09. The Hall–Kier alpha value is -2.00. The van der Waals surface area contributed by atoms with Crippen LogP contribution >= 0.6 is 11.6 Å². The van der Waals surface area contributed by atoms with Gasteiger partial charge in [0.25, 0.3) is 0 Å². The van der Waals surface area contributed by atoms with Gasteiger partial charge in [0.05, 0.1) is 7.11 Å². The second-order valence-electron chi connectivity index (χ2n) is 4.41. The molecule has 0 spiro atoms. The minimum Gasteiger partial charge on any atom is -0.497 e. The minimum atomic E-state index is -0.0184. The fraction of sp³-hybridized carbons (Fsp3) is 0.188. The molecule has 0 bridgehead atoms. The number of rotatable bonds is 5. The third-order valence-electron chi connectivity index (χ3n) is 2.90. The average molecular weight is 290 g/mol. The van der Waals surface area contributed by atoms with E-state index in [0.717, 1.165) is 17.0 Å². The number of benzene rings is 2. The number of halogens is 1. The van der Waals surface area contributed by atoms with Crippen molar-refractivity contribution >= 4 is 23.2 Å². The summed E-state index contributed by atoms with van der Waals surface area (Å²) in [5.41, 5.74) is 1.82. The molecule has 1 amide bonds. The molecular formula is C16H16ClNO2. The van der Waals surface area contributed by atoms with Crippen molar-refractivity contribution < 1.29 is 9.53 Å². The van der Waals surface area contributed by atoms with E-state index in [0.29, 0.717) is 17.9 Å². The van der Waals surface area contributed by atoms with Gasteiger partial charge in [0.2, 0.25) is 5.91 Å². The fourth-order valence-electron chi connectivity index (χ4n) is 1.85.